The zero-order valence-corrected chi connectivity index (χ0v) is 18.7. The van der Waals surface area contributed by atoms with Gasteiger partial charge in [0.05, 0.1) is 5.69 Å². The lowest BCUT2D eigenvalue weighted by atomic mass is 9.84. The summed E-state index contributed by atoms with van der Waals surface area (Å²) in [6, 6.07) is 12.6. The van der Waals surface area contributed by atoms with E-state index in [-0.39, 0.29) is 30.3 Å². The molecule has 0 N–H and O–H groups in total. The van der Waals surface area contributed by atoms with Gasteiger partial charge in [0, 0.05) is 43.7 Å². The Balaban J connectivity index is 1.15. The summed E-state index contributed by atoms with van der Waals surface area (Å²) in [5.74, 6) is 1.27. The fourth-order valence-electron chi connectivity index (χ4n) is 4.47. The first-order valence-electron chi connectivity index (χ1n) is 11.8. The van der Waals surface area contributed by atoms with Gasteiger partial charge in [0.1, 0.15) is 6.54 Å². The number of hydrogen-bond acceptors (Lipinski definition) is 5. The molecule has 1 aliphatic heterocycles. The Morgan fingerprint density at radius 1 is 0.938 bits per heavy atom. The van der Waals surface area contributed by atoms with Crippen molar-refractivity contribution >= 4 is 17.6 Å². The molecule has 3 aliphatic rings. The van der Waals surface area contributed by atoms with Gasteiger partial charge >= 0.3 is 0 Å². The highest BCUT2D eigenvalue weighted by atomic mass is 16.2. The standard InChI is InChI=1S/C25H31N5O2/c1-18-5-7-19(8-6-18)22-11-12-23(27-26-22)28-13-15-29(16-14-28)24(31)17-30(21-9-10-21)25(32)20-3-2-4-20/h5-8,11-12,20-21H,2-4,9-10,13-17H2,1H3. The molecular weight excluding hydrogens is 402 g/mol. The van der Waals surface area contributed by atoms with Gasteiger partial charge in [-0.1, -0.05) is 36.2 Å². The molecule has 32 heavy (non-hydrogen) atoms. The van der Waals surface area contributed by atoms with Crippen LogP contribution in [-0.2, 0) is 9.59 Å². The number of aromatic nitrogens is 2. The highest BCUT2D eigenvalue weighted by Crippen LogP contribution is 2.34. The molecule has 0 atom stereocenters. The van der Waals surface area contributed by atoms with E-state index in [1.54, 1.807) is 0 Å². The number of anilines is 1. The van der Waals surface area contributed by atoms with E-state index in [0.29, 0.717) is 13.1 Å². The minimum absolute atomic E-state index is 0.0741. The molecule has 1 saturated heterocycles. The molecule has 1 aromatic heterocycles. The van der Waals surface area contributed by atoms with Gasteiger partial charge in [-0.05, 0) is 44.7 Å². The van der Waals surface area contributed by atoms with Crippen LogP contribution in [0, 0.1) is 12.8 Å². The smallest absolute Gasteiger partial charge is 0.242 e. The third-order valence-corrected chi connectivity index (χ3v) is 6.98. The van der Waals surface area contributed by atoms with Crippen molar-refractivity contribution in [1.82, 2.24) is 20.0 Å². The molecule has 2 aliphatic carbocycles. The molecule has 5 rings (SSSR count). The molecule has 1 aromatic carbocycles. The van der Waals surface area contributed by atoms with Crippen LogP contribution >= 0.6 is 0 Å². The molecule has 0 bridgehead atoms. The fraction of sp³-hybridized carbons (Fsp3) is 0.520. The zero-order valence-electron chi connectivity index (χ0n) is 18.7. The Hall–Kier alpha value is -2.96. The van der Waals surface area contributed by atoms with E-state index in [2.05, 4.69) is 46.3 Å². The van der Waals surface area contributed by atoms with Gasteiger partial charge in [0.25, 0.3) is 0 Å². The molecule has 2 heterocycles. The molecular formula is C25H31N5O2. The van der Waals surface area contributed by atoms with Gasteiger partial charge in [0.2, 0.25) is 11.8 Å². The van der Waals surface area contributed by atoms with Gasteiger partial charge in [-0.15, -0.1) is 10.2 Å². The Morgan fingerprint density at radius 3 is 2.22 bits per heavy atom. The molecule has 2 saturated carbocycles. The Labute approximate surface area is 189 Å². The first kappa shape index (κ1) is 20.9. The van der Waals surface area contributed by atoms with Crippen molar-refractivity contribution < 1.29 is 9.59 Å². The molecule has 0 radical (unpaired) electrons. The molecule has 0 unspecified atom stereocenters. The van der Waals surface area contributed by atoms with Crippen molar-refractivity contribution in [2.45, 2.75) is 45.1 Å². The number of amides is 2. The van der Waals surface area contributed by atoms with Gasteiger partial charge in [-0.3, -0.25) is 9.59 Å². The van der Waals surface area contributed by atoms with Crippen LogP contribution in [0.2, 0.25) is 0 Å². The van der Waals surface area contributed by atoms with Crippen LogP contribution in [0.4, 0.5) is 5.82 Å². The molecule has 7 heteroatoms. The number of hydrogen-bond donors (Lipinski definition) is 0. The Kier molecular flexibility index (Phi) is 5.81. The second-order valence-electron chi connectivity index (χ2n) is 9.34. The van der Waals surface area contributed by atoms with Gasteiger partial charge < -0.3 is 14.7 Å². The van der Waals surface area contributed by atoms with E-state index in [4.69, 9.17) is 0 Å². The van der Waals surface area contributed by atoms with E-state index < -0.39 is 0 Å². The van der Waals surface area contributed by atoms with E-state index >= 15 is 0 Å². The summed E-state index contributed by atoms with van der Waals surface area (Å²) in [6.07, 6.45) is 5.19. The first-order chi connectivity index (χ1) is 15.6. The van der Waals surface area contributed by atoms with E-state index in [9.17, 15) is 9.59 Å². The molecule has 2 amide bonds. The van der Waals surface area contributed by atoms with Crippen molar-refractivity contribution in [3.63, 3.8) is 0 Å². The van der Waals surface area contributed by atoms with Crippen molar-refractivity contribution in [3.05, 3.63) is 42.0 Å². The van der Waals surface area contributed by atoms with Crippen LogP contribution in [0.5, 0.6) is 0 Å². The molecule has 7 nitrogen and oxygen atoms in total. The maximum atomic E-state index is 12.9. The molecule has 168 valence electrons. The first-order valence-corrected chi connectivity index (χ1v) is 11.8. The Morgan fingerprint density at radius 2 is 1.66 bits per heavy atom. The fourth-order valence-corrected chi connectivity index (χ4v) is 4.47. The van der Waals surface area contributed by atoms with Crippen molar-refractivity contribution in [2.75, 3.05) is 37.6 Å². The van der Waals surface area contributed by atoms with Gasteiger partial charge in [0.15, 0.2) is 5.82 Å². The number of aryl methyl sites for hydroxylation is 1. The third-order valence-electron chi connectivity index (χ3n) is 6.98. The summed E-state index contributed by atoms with van der Waals surface area (Å²) < 4.78 is 0. The summed E-state index contributed by atoms with van der Waals surface area (Å²) in [6.45, 7) is 5.06. The second kappa shape index (κ2) is 8.88. The third kappa shape index (κ3) is 4.47. The number of carbonyl (C=O) groups excluding carboxylic acids is 2. The van der Waals surface area contributed by atoms with Crippen LogP contribution in [0.3, 0.4) is 0 Å². The molecule has 0 spiro atoms. The van der Waals surface area contributed by atoms with Crippen LogP contribution in [0.25, 0.3) is 11.3 Å². The van der Waals surface area contributed by atoms with Crippen LogP contribution in [-0.4, -0.2) is 70.6 Å². The van der Waals surface area contributed by atoms with Crippen molar-refractivity contribution in [2.24, 2.45) is 5.92 Å². The van der Waals surface area contributed by atoms with Crippen LogP contribution < -0.4 is 4.90 Å². The Bertz CT molecular complexity index is 959. The summed E-state index contributed by atoms with van der Waals surface area (Å²) >= 11 is 0. The summed E-state index contributed by atoms with van der Waals surface area (Å²) in [5, 5.41) is 8.84. The summed E-state index contributed by atoms with van der Waals surface area (Å²) in [7, 11) is 0. The van der Waals surface area contributed by atoms with Crippen molar-refractivity contribution in [3.8, 4) is 11.3 Å². The van der Waals surface area contributed by atoms with E-state index in [1.165, 1.54) is 5.56 Å². The number of nitrogens with zero attached hydrogens (tertiary/aromatic N) is 5. The summed E-state index contributed by atoms with van der Waals surface area (Å²) in [4.78, 5) is 31.6. The predicted octanol–water partition coefficient (Wildman–Crippen LogP) is 2.89. The predicted molar refractivity (Wildman–Crippen MR) is 123 cm³/mol. The SMILES string of the molecule is Cc1ccc(-c2ccc(N3CCN(C(=O)CN(C(=O)C4CCC4)C4CC4)CC3)nn2)cc1. The average molecular weight is 434 g/mol. The number of piperazine rings is 1. The number of rotatable bonds is 6. The van der Waals surface area contributed by atoms with Crippen molar-refractivity contribution in [1.29, 1.82) is 0 Å². The maximum absolute atomic E-state index is 12.9. The minimum Gasteiger partial charge on any atom is -0.352 e. The van der Waals surface area contributed by atoms with Crippen LogP contribution in [0.15, 0.2) is 36.4 Å². The zero-order chi connectivity index (χ0) is 22.1. The number of benzene rings is 1. The maximum Gasteiger partial charge on any atom is 0.242 e. The minimum atomic E-state index is 0.0741. The summed E-state index contributed by atoms with van der Waals surface area (Å²) in [5.41, 5.74) is 3.14. The second-order valence-corrected chi connectivity index (χ2v) is 9.34. The monoisotopic (exact) mass is 433 g/mol. The van der Waals surface area contributed by atoms with Crippen LogP contribution in [0.1, 0.15) is 37.7 Å². The van der Waals surface area contributed by atoms with E-state index in [1.807, 2.05) is 21.9 Å². The lowest BCUT2D eigenvalue weighted by Gasteiger charge is -2.37. The normalized spacial score (nSPS) is 18.9. The lowest BCUT2D eigenvalue weighted by Crippen LogP contribution is -2.53. The lowest BCUT2D eigenvalue weighted by molar-refractivity contribution is -0.145. The molecule has 2 aromatic rings. The topological polar surface area (TPSA) is 69.6 Å². The number of carbonyl (C=O) groups is 2. The quantitative estimate of drug-likeness (QED) is 0.701. The van der Waals surface area contributed by atoms with Gasteiger partial charge in [-0.25, -0.2) is 0 Å². The highest BCUT2D eigenvalue weighted by Gasteiger charge is 2.39. The average Bonchev–Trinajstić information content (AvgIpc) is 3.62. The molecule has 3 fully saturated rings. The largest absolute Gasteiger partial charge is 0.352 e. The van der Waals surface area contributed by atoms with Gasteiger partial charge in [-0.2, -0.15) is 0 Å². The van der Waals surface area contributed by atoms with E-state index in [0.717, 1.165) is 62.3 Å². The highest BCUT2D eigenvalue weighted by molar-refractivity contribution is 5.87.